The van der Waals surface area contributed by atoms with Gasteiger partial charge in [-0.25, -0.2) is 4.68 Å². The summed E-state index contributed by atoms with van der Waals surface area (Å²) in [5.74, 6) is 0. The summed E-state index contributed by atoms with van der Waals surface area (Å²) in [4.78, 5) is 0. The fourth-order valence-electron chi connectivity index (χ4n) is 1.58. The van der Waals surface area contributed by atoms with Crippen LogP contribution >= 0.6 is 31.9 Å². The third kappa shape index (κ3) is 2.75. The Morgan fingerprint density at radius 1 is 1.29 bits per heavy atom. The lowest BCUT2D eigenvalue weighted by Gasteiger charge is -2.07. The van der Waals surface area contributed by atoms with Crippen molar-refractivity contribution < 1.29 is 0 Å². The van der Waals surface area contributed by atoms with Crippen LogP contribution in [0.3, 0.4) is 0 Å². The molecular weight excluding hydrogens is 348 g/mol. The van der Waals surface area contributed by atoms with Crippen LogP contribution in [-0.2, 0) is 6.54 Å². The van der Waals surface area contributed by atoms with Gasteiger partial charge >= 0.3 is 0 Å². The molecular formula is C11H12Br2N4. The van der Waals surface area contributed by atoms with Crippen molar-refractivity contribution in [2.75, 3.05) is 7.05 Å². The molecule has 0 aliphatic rings. The molecule has 1 heterocycles. The molecule has 0 aliphatic carbocycles. The van der Waals surface area contributed by atoms with Crippen molar-refractivity contribution in [2.45, 2.75) is 13.5 Å². The Morgan fingerprint density at radius 3 is 2.53 bits per heavy atom. The van der Waals surface area contributed by atoms with Crippen molar-refractivity contribution in [3.05, 3.63) is 38.5 Å². The maximum Gasteiger partial charge on any atom is 0.0969 e. The molecule has 1 N–H and O–H groups in total. The molecule has 6 heteroatoms. The van der Waals surface area contributed by atoms with Gasteiger partial charge in [-0.3, -0.25) is 0 Å². The van der Waals surface area contributed by atoms with Gasteiger partial charge in [-0.05, 0) is 63.5 Å². The zero-order chi connectivity index (χ0) is 12.4. The normalized spacial score (nSPS) is 10.8. The Balaban J connectivity index is 2.45. The SMILES string of the molecule is CNCc1cn(-c2c(Br)cc(C)cc2Br)nn1. The highest BCUT2D eigenvalue weighted by Crippen LogP contribution is 2.30. The van der Waals surface area contributed by atoms with Gasteiger partial charge < -0.3 is 5.32 Å². The minimum atomic E-state index is 0.709. The third-order valence-corrected chi connectivity index (χ3v) is 3.50. The van der Waals surface area contributed by atoms with Gasteiger partial charge in [-0.2, -0.15) is 0 Å². The summed E-state index contributed by atoms with van der Waals surface area (Å²) >= 11 is 7.10. The van der Waals surface area contributed by atoms with E-state index in [1.807, 2.05) is 20.2 Å². The van der Waals surface area contributed by atoms with Crippen LogP contribution in [0.4, 0.5) is 0 Å². The molecule has 0 amide bonds. The monoisotopic (exact) mass is 358 g/mol. The molecule has 0 spiro atoms. The number of nitrogens with one attached hydrogen (secondary N) is 1. The van der Waals surface area contributed by atoms with Crippen LogP contribution in [0.15, 0.2) is 27.3 Å². The van der Waals surface area contributed by atoms with E-state index in [0.717, 1.165) is 20.3 Å². The summed E-state index contributed by atoms with van der Waals surface area (Å²) in [6, 6.07) is 4.11. The maximum absolute atomic E-state index is 4.12. The molecule has 0 fully saturated rings. The average Bonchev–Trinajstić information content (AvgIpc) is 2.65. The first-order chi connectivity index (χ1) is 8.11. The van der Waals surface area contributed by atoms with Crippen LogP contribution in [0.1, 0.15) is 11.3 Å². The van der Waals surface area contributed by atoms with Crippen LogP contribution in [0.25, 0.3) is 5.69 Å². The van der Waals surface area contributed by atoms with E-state index in [9.17, 15) is 0 Å². The molecule has 0 aliphatic heterocycles. The molecule has 0 saturated carbocycles. The second kappa shape index (κ2) is 5.29. The molecule has 2 aromatic rings. The number of hydrogen-bond acceptors (Lipinski definition) is 3. The first kappa shape index (κ1) is 12.7. The highest BCUT2D eigenvalue weighted by atomic mass is 79.9. The van der Waals surface area contributed by atoms with E-state index in [1.54, 1.807) is 4.68 Å². The van der Waals surface area contributed by atoms with Crippen LogP contribution < -0.4 is 5.32 Å². The molecule has 17 heavy (non-hydrogen) atoms. The fraction of sp³-hybridized carbons (Fsp3) is 0.273. The summed E-state index contributed by atoms with van der Waals surface area (Å²) in [5.41, 5.74) is 3.06. The Kier molecular flexibility index (Phi) is 3.96. The van der Waals surface area contributed by atoms with E-state index >= 15 is 0 Å². The van der Waals surface area contributed by atoms with E-state index in [2.05, 4.69) is 59.6 Å². The van der Waals surface area contributed by atoms with Gasteiger partial charge in [0.1, 0.15) is 0 Å². The molecule has 0 bridgehead atoms. The minimum Gasteiger partial charge on any atom is -0.314 e. The van der Waals surface area contributed by atoms with Crippen LogP contribution in [0.5, 0.6) is 0 Å². The molecule has 0 saturated heterocycles. The molecule has 90 valence electrons. The van der Waals surface area contributed by atoms with Crippen molar-refractivity contribution in [3.8, 4) is 5.69 Å². The van der Waals surface area contributed by atoms with Gasteiger partial charge in [-0.1, -0.05) is 5.21 Å². The van der Waals surface area contributed by atoms with Crippen molar-refractivity contribution in [1.82, 2.24) is 20.3 Å². The highest BCUT2D eigenvalue weighted by Gasteiger charge is 2.10. The predicted molar refractivity (Wildman–Crippen MR) is 74.3 cm³/mol. The van der Waals surface area contributed by atoms with Gasteiger partial charge in [0.25, 0.3) is 0 Å². The third-order valence-electron chi connectivity index (χ3n) is 2.29. The largest absolute Gasteiger partial charge is 0.314 e. The van der Waals surface area contributed by atoms with Crippen molar-refractivity contribution in [1.29, 1.82) is 0 Å². The number of aromatic nitrogens is 3. The van der Waals surface area contributed by atoms with Crippen LogP contribution in [-0.4, -0.2) is 22.0 Å². The maximum atomic E-state index is 4.12. The molecule has 0 radical (unpaired) electrons. The molecule has 0 unspecified atom stereocenters. The van der Waals surface area contributed by atoms with E-state index in [0.29, 0.717) is 6.54 Å². The number of benzene rings is 1. The Hall–Kier alpha value is -0.720. The summed E-state index contributed by atoms with van der Waals surface area (Å²) in [5, 5.41) is 11.3. The minimum absolute atomic E-state index is 0.709. The number of halogens is 2. The standard InChI is InChI=1S/C11H12Br2N4/c1-7-3-9(12)11(10(13)4-7)17-6-8(5-14-2)15-16-17/h3-4,6,14H,5H2,1-2H3. The second-order valence-corrected chi connectivity index (χ2v) is 5.47. The second-order valence-electron chi connectivity index (χ2n) is 3.76. The molecule has 0 atom stereocenters. The number of hydrogen-bond donors (Lipinski definition) is 1. The smallest absolute Gasteiger partial charge is 0.0969 e. The zero-order valence-electron chi connectivity index (χ0n) is 9.54. The van der Waals surface area contributed by atoms with Gasteiger partial charge in [0.2, 0.25) is 0 Å². The predicted octanol–water partition coefficient (Wildman–Crippen LogP) is 2.82. The first-order valence-electron chi connectivity index (χ1n) is 5.13. The average molecular weight is 360 g/mol. The highest BCUT2D eigenvalue weighted by molar-refractivity contribution is 9.11. The quantitative estimate of drug-likeness (QED) is 0.916. The summed E-state index contributed by atoms with van der Waals surface area (Å²) in [6.45, 7) is 2.76. The molecule has 4 nitrogen and oxygen atoms in total. The topological polar surface area (TPSA) is 42.7 Å². The van der Waals surface area contributed by atoms with Gasteiger partial charge in [-0.15, -0.1) is 5.10 Å². The zero-order valence-corrected chi connectivity index (χ0v) is 12.7. The van der Waals surface area contributed by atoms with E-state index in [-0.39, 0.29) is 0 Å². The van der Waals surface area contributed by atoms with Crippen molar-refractivity contribution >= 4 is 31.9 Å². The number of aryl methyl sites for hydroxylation is 1. The van der Waals surface area contributed by atoms with Crippen LogP contribution in [0.2, 0.25) is 0 Å². The lowest BCUT2D eigenvalue weighted by Crippen LogP contribution is -2.05. The molecule has 1 aromatic heterocycles. The molecule has 1 aromatic carbocycles. The van der Waals surface area contributed by atoms with E-state index < -0.39 is 0 Å². The Morgan fingerprint density at radius 2 is 1.94 bits per heavy atom. The Bertz CT molecular complexity index is 513. The first-order valence-corrected chi connectivity index (χ1v) is 6.72. The number of rotatable bonds is 3. The van der Waals surface area contributed by atoms with Crippen molar-refractivity contribution in [2.24, 2.45) is 0 Å². The van der Waals surface area contributed by atoms with E-state index in [4.69, 9.17) is 0 Å². The van der Waals surface area contributed by atoms with Crippen LogP contribution in [0, 0.1) is 6.92 Å². The van der Waals surface area contributed by atoms with Gasteiger partial charge in [0.15, 0.2) is 0 Å². The summed E-state index contributed by atoms with van der Waals surface area (Å²) in [6.07, 6.45) is 1.91. The lowest BCUT2D eigenvalue weighted by molar-refractivity contribution is 0.765. The van der Waals surface area contributed by atoms with Gasteiger partial charge in [0.05, 0.1) is 17.6 Å². The van der Waals surface area contributed by atoms with E-state index in [1.165, 1.54) is 5.56 Å². The summed E-state index contributed by atoms with van der Waals surface area (Å²) < 4.78 is 3.75. The molecule has 2 rings (SSSR count). The fourth-order valence-corrected chi connectivity index (χ4v) is 3.36. The van der Waals surface area contributed by atoms with Gasteiger partial charge in [0, 0.05) is 15.5 Å². The lowest BCUT2D eigenvalue weighted by atomic mass is 10.2. The van der Waals surface area contributed by atoms with Crippen molar-refractivity contribution in [3.63, 3.8) is 0 Å². The summed E-state index contributed by atoms with van der Waals surface area (Å²) in [7, 11) is 1.89. The Labute approximate surface area is 117 Å². The number of nitrogens with zero attached hydrogens (tertiary/aromatic N) is 3.